The molecule has 2 aromatic carbocycles. The van der Waals surface area contributed by atoms with E-state index in [4.69, 9.17) is 18.9 Å². The molecular weight excluding hydrogens is 424 g/mol. The first-order valence-corrected chi connectivity index (χ1v) is 10.8. The fourth-order valence-corrected chi connectivity index (χ4v) is 3.63. The third-order valence-corrected chi connectivity index (χ3v) is 5.46. The van der Waals surface area contributed by atoms with Crippen molar-refractivity contribution in [2.75, 3.05) is 34.5 Å². The van der Waals surface area contributed by atoms with Crippen LogP contribution in [0.4, 0.5) is 4.79 Å². The Balaban J connectivity index is 2.07. The van der Waals surface area contributed by atoms with Gasteiger partial charge in [0.25, 0.3) is 0 Å². The van der Waals surface area contributed by atoms with Crippen molar-refractivity contribution in [2.45, 2.75) is 26.3 Å². The fraction of sp³-hybridized carbons (Fsp3) is 0.360. The van der Waals surface area contributed by atoms with E-state index in [1.165, 1.54) is 19.1 Å². The van der Waals surface area contributed by atoms with Crippen LogP contribution in [0.15, 0.2) is 53.7 Å². The van der Waals surface area contributed by atoms with Crippen LogP contribution < -0.4 is 19.5 Å². The Kier molecular flexibility index (Phi) is 7.82. The average molecular weight is 455 g/mol. The number of ether oxygens (including phenoxy) is 4. The molecule has 2 amide bonds. The SMILES string of the molecule is CCOC(=O)C1=C(COc2cccc(CC)c2)N(C)C(=O)N[C@@H]1c1cc(OC)cc(OC)c1. The summed E-state index contributed by atoms with van der Waals surface area (Å²) in [5, 5.41) is 2.88. The lowest BCUT2D eigenvalue weighted by molar-refractivity contribution is -0.139. The number of carbonyl (C=O) groups excluding carboxylic acids is 2. The molecule has 2 aromatic rings. The van der Waals surface area contributed by atoms with E-state index in [-0.39, 0.29) is 19.2 Å². The molecule has 0 aliphatic carbocycles. The van der Waals surface area contributed by atoms with Crippen molar-refractivity contribution in [2.24, 2.45) is 0 Å². The zero-order valence-electron chi connectivity index (χ0n) is 19.6. The number of likely N-dealkylation sites (N-methyl/N-ethyl adjacent to an activating group) is 1. The molecule has 1 aliphatic rings. The first-order valence-electron chi connectivity index (χ1n) is 10.8. The number of aryl methyl sites for hydroxylation is 1. The van der Waals surface area contributed by atoms with Gasteiger partial charge in [-0.25, -0.2) is 9.59 Å². The third kappa shape index (κ3) is 5.39. The maximum atomic E-state index is 13.1. The molecule has 0 saturated heterocycles. The first-order chi connectivity index (χ1) is 15.9. The van der Waals surface area contributed by atoms with Gasteiger partial charge in [0.2, 0.25) is 0 Å². The quantitative estimate of drug-likeness (QED) is 0.579. The minimum atomic E-state index is -0.766. The molecule has 176 valence electrons. The summed E-state index contributed by atoms with van der Waals surface area (Å²) >= 11 is 0. The van der Waals surface area contributed by atoms with Crippen LogP contribution in [-0.2, 0) is 16.0 Å². The average Bonchev–Trinajstić information content (AvgIpc) is 2.84. The second kappa shape index (κ2) is 10.8. The van der Waals surface area contributed by atoms with E-state index in [0.29, 0.717) is 34.1 Å². The largest absolute Gasteiger partial charge is 0.497 e. The van der Waals surface area contributed by atoms with Gasteiger partial charge in [-0.3, -0.25) is 4.90 Å². The first kappa shape index (κ1) is 24.0. The molecule has 1 N–H and O–H groups in total. The van der Waals surface area contributed by atoms with E-state index in [1.807, 2.05) is 24.3 Å². The molecule has 3 rings (SSSR count). The Bertz CT molecular complexity index is 1030. The van der Waals surface area contributed by atoms with Crippen molar-refractivity contribution in [3.05, 3.63) is 64.9 Å². The highest BCUT2D eigenvalue weighted by atomic mass is 16.5. The summed E-state index contributed by atoms with van der Waals surface area (Å²) in [6.45, 7) is 4.01. The number of urea groups is 1. The second-order valence-electron chi connectivity index (χ2n) is 7.46. The molecule has 1 atom stereocenters. The van der Waals surface area contributed by atoms with Gasteiger partial charge in [0, 0.05) is 13.1 Å². The summed E-state index contributed by atoms with van der Waals surface area (Å²) in [5.74, 6) is 1.20. The summed E-state index contributed by atoms with van der Waals surface area (Å²) in [6, 6.07) is 11.8. The van der Waals surface area contributed by atoms with Gasteiger partial charge in [0.15, 0.2) is 0 Å². The number of amides is 2. The second-order valence-corrected chi connectivity index (χ2v) is 7.46. The lowest BCUT2D eigenvalue weighted by Crippen LogP contribution is -2.48. The standard InChI is InChI=1S/C25H30N2O6/c1-6-16-9-8-10-18(11-16)33-15-21-22(24(28)32-7-2)23(26-25(29)27(21)3)17-12-19(30-4)14-20(13-17)31-5/h8-14,23H,6-7,15H2,1-5H3,(H,26,29)/t23-/m1/s1. The topological polar surface area (TPSA) is 86.3 Å². The number of benzene rings is 2. The van der Waals surface area contributed by atoms with Gasteiger partial charge >= 0.3 is 12.0 Å². The highest BCUT2D eigenvalue weighted by Gasteiger charge is 2.37. The minimum Gasteiger partial charge on any atom is -0.497 e. The smallest absolute Gasteiger partial charge is 0.338 e. The van der Waals surface area contributed by atoms with Crippen molar-refractivity contribution in [1.82, 2.24) is 10.2 Å². The van der Waals surface area contributed by atoms with E-state index in [2.05, 4.69) is 12.2 Å². The molecule has 0 saturated carbocycles. The van der Waals surface area contributed by atoms with E-state index in [9.17, 15) is 9.59 Å². The molecule has 8 nitrogen and oxygen atoms in total. The molecule has 1 heterocycles. The molecule has 0 radical (unpaired) electrons. The van der Waals surface area contributed by atoms with Gasteiger partial charge in [-0.2, -0.15) is 0 Å². The Labute approximate surface area is 194 Å². The highest BCUT2D eigenvalue weighted by molar-refractivity contribution is 5.95. The maximum absolute atomic E-state index is 13.1. The number of carbonyl (C=O) groups is 2. The van der Waals surface area contributed by atoms with Crippen LogP contribution in [0.3, 0.4) is 0 Å². The van der Waals surface area contributed by atoms with Crippen molar-refractivity contribution in [3.8, 4) is 17.2 Å². The molecular formula is C25H30N2O6. The number of hydrogen-bond acceptors (Lipinski definition) is 6. The van der Waals surface area contributed by atoms with Crippen LogP contribution in [0, 0.1) is 0 Å². The Hall–Kier alpha value is -3.68. The fourth-order valence-electron chi connectivity index (χ4n) is 3.63. The predicted octanol–water partition coefficient (Wildman–Crippen LogP) is 3.86. The maximum Gasteiger partial charge on any atom is 0.338 e. The van der Waals surface area contributed by atoms with Crippen LogP contribution in [0.25, 0.3) is 0 Å². The van der Waals surface area contributed by atoms with E-state index < -0.39 is 12.0 Å². The zero-order valence-corrected chi connectivity index (χ0v) is 19.6. The predicted molar refractivity (Wildman–Crippen MR) is 124 cm³/mol. The van der Waals surface area contributed by atoms with Crippen LogP contribution in [0.5, 0.6) is 17.2 Å². The Morgan fingerprint density at radius 3 is 2.33 bits per heavy atom. The minimum absolute atomic E-state index is 0.0167. The van der Waals surface area contributed by atoms with Gasteiger partial charge < -0.3 is 24.3 Å². The van der Waals surface area contributed by atoms with Gasteiger partial charge in [0.05, 0.1) is 38.1 Å². The van der Waals surface area contributed by atoms with Gasteiger partial charge in [-0.1, -0.05) is 19.1 Å². The lowest BCUT2D eigenvalue weighted by atomic mass is 9.94. The molecule has 8 heteroatoms. The summed E-state index contributed by atoms with van der Waals surface area (Å²) in [4.78, 5) is 27.3. The number of methoxy groups -OCH3 is 2. The molecule has 1 aliphatic heterocycles. The van der Waals surface area contributed by atoms with Crippen molar-refractivity contribution >= 4 is 12.0 Å². The van der Waals surface area contributed by atoms with Crippen LogP contribution in [0.2, 0.25) is 0 Å². The van der Waals surface area contributed by atoms with Crippen molar-refractivity contribution < 1.29 is 28.5 Å². The molecule has 0 unspecified atom stereocenters. The van der Waals surface area contributed by atoms with E-state index >= 15 is 0 Å². The number of nitrogens with zero attached hydrogens (tertiary/aromatic N) is 1. The summed E-state index contributed by atoms with van der Waals surface area (Å²) in [7, 11) is 4.67. The zero-order chi connectivity index (χ0) is 24.0. The summed E-state index contributed by atoms with van der Waals surface area (Å²) in [6.07, 6.45) is 0.871. The highest BCUT2D eigenvalue weighted by Crippen LogP contribution is 2.35. The van der Waals surface area contributed by atoms with Gasteiger partial charge in [-0.15, -0.1) is 0 Å². The van der Waals surface area contributed by atoms with Gasteiger partial charge in [-0.05, 0) is 48.7 Å². The Morgan fingerprint density at radius 1 is 1.03 bits per heavy atom. The number of hydrogen-bond donors (Lipinski definition) is 1. The van der Waals surface area contributed by atoms with Crippen LogP contribution in [-0.4, -0.2) is 51.4 Å². The monoisotopic (exact) mass is 454 g/mol. The third-order valence-electron chi connectivity index (χ3n) is 5.46. The number of nitrogens with one attached hydrogen (secondary N) is 1. The van der Waals surface area contributed by atoms with Crippen molar-refractivity contribution in [3.63, 3.8) is 0 Å². The summed E-state index contributed by atoms with van der Waals surface area (Å²) < 4.78 is 22.1. The van der Waals surface area contributed by atoms with Crippen LogP contribution >= 0.6 is 0 Å². The number of rotatable bonds is 9. The molecule has 0 spiro atoms. The number of esters is 1. The van der Waals surface area contributed by atoms with Crippen molar-refractivity contribution in [1.29, 1.82) is 0 Å². The van der Waals surface area contributed by atoms with Crippen LogP contribution in [0.1, 0.15) is 31.0 Å². The van der Waals surface area contributed by atoms with E-state index in [0.717, 1.165) is 12.0 Å². The Morgan fingerprint density at radius 2 is 1.73 bits per heavy atom. The molecule has 0 aromatic heterocycles. The van der Waals surface area contributed by atoms with E-state index in [1.54, 1.807) is 32.2 Å². The molecule has 33 heavy (non-hydrogen) atoms. The van der Waals surface area contributed by atoms with Gasteiger partial charge in [0.1, 0.15) is 23.9 Å². The molecule has 0 bridgehead atoms. The normalized spacial score (nSPS) is 15.7. The lowest BCUT2D eigenvalue weighted by Gasteiger charge is -2.34. The summed E-state index contributed by atoms with van der Waals surface area (Å²) in [5.41, 5.74) is 2.47. The molecule has 0 fully saturated rings.